The molecule has 0 saturated heterocycles. The SMILES string of the molecule is O=C(c1ccccc1)c1csc(-c2ccc(-c3ccccc3-c3ccccc3)cc2)c1. The molecule has 0 spiro atoms. The normalized spacial score (nSPS) is 10.7. The van der Waals surface area contributed by atoms with Gasteiger partial charge in [0.1, 0.15) is 0 Å². The topological polar surface area (TPSA) is 17.1 Å². The molecule has 31 heavy (non-hydrogen) atoms. The van der Waals surface area contributed by atoms with Crippen molar-refractivity contribution < 1.29 is 4.79 Å². The number of benzene rings is 4. The molecule has 0 aliphatic carbocycles. The lowest BCUT2D eigenvalue weighted by Crippen LogP contribution is -1.98. The quantitative estimate of drug-likeness (QED) is 0.265. The van der Waals surface area contributed by atoms with Crippen LogP contribution in [-0.4, -0.2) is 5.78 Å². The fraction of sp³-hybridized carbons (Fsp3) is 0. The molecule has 1 aromatic heterocycles. The number of hydrogen-bond donors (Lipinski definition) is 0. The van der Waals surface area contributed by atoms with Gasteiger partial charge < -0.3 is 0 Å². The highest BCUT2D eigenvalue weighted by molar-refractivity contribution is 7.13. The van der Waals surface area contributed by atoms with Crippen molar-refractivity contribution >= 4 is 17.1 Å². The Morgan fingerprint density at radius 3 is 1.68 bits per heavy atom. The summed E-state index contributed by atoms with van der Waals surface area (Å²) in [5.41, 5.74) is 7.42. The van der Waals surface area contributed by atoms with Gasteiger partial charge in [-0.25, -0.2) is 0 Å². The van der Waals surface area contributed by atoms with Gasteiger partial charge in [0.05, 0.1) is 0 Å². The third kappa shape index (κ3) is 3.98. The van der Waals surface area contributed by atoms with E-state index in [-0.39, 0.29) is 5.78 Å². The molecule has 0 aliphatic rings. The van der Waals surface area contributed by atoms with Crippen molar-refractivity contribution in [2.75, 3.05) is 0 Å². The summed E-state index contributed by atoms with van der Waals surface area (Å²) in [6.07, 6.45) is 0. The van der Waals surface area contributed by atoms with Crippen LogP contribution in [0.5, 0.6) is 0 Å². The van der Waals surface area contributed by atoms with E-state index in [0.717, 1.165) is 21.6 Å². The minimum absolute atomic E-state index is 0.0662. The Hall–Kier alpha value is -3.75. The first-order valence-corrected chi connectivity index (χ1v) is 11.1. The zero-order chi connectivity index (χ0) is 21.0. The third-order valence-corrected chi connectivity index (χ3v) is 6.37. The molecule has 0 N–H and O–H groups in total. The van der Waals surface area contributed by atoms with E-state index in [1.807, 2.05) is 47.8 Å². The fourth-order valence-electron chi connectivity index (χ4n) is 3.78. The van der Waals surface area contributed by atoms with Crippen molar-refractivity contribution in [3.8, 4) is 32.7 Å². The van der Waals surface area contributed by atoms with Gasteiger partial charge in [-0.3, -0.25) is 4.79 Å². The van der Waals surface area contributed by atoms with E-state index >= 15 is 0 Å². The molecule has 1 heterocycles. The number of thiophene rings is 1. The molecule has 0 unspecified atom stereocenters. The van der Waals surface area contributed by atoms with Crippen LogP contribution in [0.25, 0.3) is 32.7 Å². The molecule has 0 saturated carbocycles. The zero-order valence-electron chi connectivity index (χ0n) is 16.9. The standard InChI is InChI=1S/C29H20OS/c30-29(24-11-5-2-6-12-24)25-19-28(31-20-25)23-17-15-22(16-18-23)27-14-8-7-13-26(27)21-9-3-1-4-10-21/h1-20H. The molecular formula is C29H20OS. The molecule has 148 valence electrons. The van der Waals surface area contributed by atoms with E-state index in [9.17, 15) is 4.79 Å². The Balaban J connectivity index is 1.44. The first-order chi connectivity index (χ1) is 15.3. The van der Waals surface area contributed by atoms with Gasteiger partial charge in [-0.05, 0) is 33.9 Å². The summed E-state index contributed by atoms with van der Waals surface area (Å²) in [6, 6.07) is 39.0. The second kappa shape index (κ2) is 8.55. The van der Waals surface area contributed by atoms with E-state index < -0.39 is 0 Å². The van der Waals surface area contributed by atoms with Gasteiger partial charge in [0.25, 0.3) is 0 Å². The summed E-state index contributed by atoms with van der Waals surface area (Å²) in [6.45, 7) is 0. The largest absolute Gasteiger partial charge is 0.289 e. The van der Waals surface area contributed by atoms with Crippen molar-refractivity contribution in [2.45, 2.75) is 0 Å². The molecule has 0 bridgehead atoms. The summed E-state index contributed by atoms with van der Waals surface area (Å²) >= 11 is 1.61. The maximum absolute atomic E-state index is 12.7. The highest BCUT2D eigenvalue weighted by atomic mass is 32.1. The number of carbonyl (C=O) groups is 1. The monoisotopic (exact) mass is 416 g/mol. The lowest BCUT2D eigenvalue weighted by atomic mass is 9.94. The number of ketones is 1. The van der Waals surface area contributed by atoms with Crippen molar-refractivity contribution in [1.29, 1.82) is 0 Å². The summed E-state index contributed by atoms with van der Waals surface area (Å²) in [5.74, 6) is 0.0662. The van der Waals surface area contributed by atoms with Crippen LogP contribution >= 0.6 is 11.3 Å². The predicted molar refractivity (Wildman–Crippen MR) is 131 cm³/mol. The predicted octanol–water partition coefficient (Wildman–Crippen LogP) is 7.98. The maximum Gasteiger partial charge on any atom is 0.193 e. The van der Waals surface area contributed by atoms with Gasteiger partial charge in [0, 0.05) is 21.4 Å². The van der Waals surface area contributed by atoms with E-state index in [2.05, 4.69) is 72.8 Å². The smallest absolute Gasteiger partial charge is 0.193 e. The molecule has 0 fully saturated rings. The molecule has 0 amide bonds. The van der Waals surface area contributed by atoms with Crippen LogP contribution in [0.3, 0.4) is 0 Å². The minimum atomic E-state index is 0.0662. The first kappa shape index (κ1) is 19.2. The Morgan fingerprint density at radius 2 is 1.03 bits per heavy atom. The van der Waals surface area contributed by atoms with Gasteiger partial charge in [-0.1, -0.05) is 109 Å². The van der Waals surface area contributed by atoms with Crippen molar-refractivity contribution in [3.63, 3.8) is 0 Å². The number of rotatable bonds is 5. The van der Waals surface area contributed by atoms with Crippen molar-refractivity contribution in [3.05, 3.63) is 132 Å². The van der Waals surface area contributed by atoms with Gasteiger partial charge in [0.15, 0.2) is 5.78 Å². The van der Waals surface area contributed by atoms with Crippen LogP contribution in [0.2, 0.25) is 0 Å². The average molecular weight is 417 g/mol. The highest BCUT2D eigenvalue weighted by Crippen LogP contribution is 2.34. The van der Waals surface area contributed by atoms with E-state index in [0.29, 0.717) is 0 Å². The Morgan fingerprint density at radius 1 is 0.516 bits per heavy atom. The van der Waals surface area contributed by atoms with E-state index in [1.54, 1.807) is 11.3 Å². The lowest BCUT2D eigenvalue weighted by molar-refractivity contribution is 0.103. The van der Waals surface area contributed by atoms with Crippen LogP contribution in [0.4, 0.5) is 0 Å². The molecule has 2 heteroatoms. The van der Waals surface area contributed by atoms with Crippen LogP contribution in [-0.2, 0) is 0 Å². The van der Waals surface area contributed by atoms with E-state index in [1.165, 1.54) is 22.3 Å². The van der Waals surface area contributed by atoms with Crippen LogP contribution in [0, 0.1) is 0 Å². The Labute approximate surface area is 186 Å². The van der Waals surface area contributed by atoms with Gasteiger partial charge >= 0.3 is 0 Å². The Bertz CT molecular complexity index is 1320. The zero-order valence-corrected chi connectivity index (χ0v) is 17.7. The first-order valence-electron chi connectivity index (χ1n) is 10.2. The summed E-state index contributed by atoms with van der Waals surface area (Å²) in [5, 5.41) is 1.95. The van der Waals surface area contributed by atoms with Crippen LogP contribution in [0.1, 0.15) is 15.9 Å². The van der Waals surface area contributed by atoms with Gasteiger partial charge in [-0.15, -0.1) is 11.3 Å². The maximum atomic E-state index is 12.7. The third-order valence-electron chi connectivity index (χ3n) is 5.39. The Kier molecular flexibility index (Phi) is 5.30. The average Bonchev–Trinajstić information content (AvgIpc) is 3.35. The molecule has 4 aromatic carbocycles. The molecule has 5 rings (SSSR count). The van der Waals surface area contributed by atoms with Gasteiger partial charge in [-0.2, -0.15) is 0 Å². The molecule has 0 radical (unpaired) electrons. The lowest BCUT2D eigenvalue weighted by Gasteiger charge is -2.10. The molecule has 1 nitrogen and oxygen atoms in total. The van der Waals surface area contributed by atoms with Crippen LogP contribution in [0.15, 0.2) is 121 Å². The molecular weight excluding hydrogens is 396 g/mol. The minimum Gasteiger partial charge on any atom is -0.289 e. The summed E-state index contributed by atoms with van der Waals surface area (Å²) < 4.78 is 0. The van der Waals surface area contributed by atoms with Gasteiger partial charge in [0.2, 0.25) is 0 Å². The molecule has 0 atom stereocenters. The molecule has 0 aliphatic heterocycles. The molecule has 5 aromatic rings. The number of hydrogen-bond acceptors (Lipinski definition) is 2. The van der Waals surface area contributed by atoms with Crippen molar-refractivity contribution in [1.82, 2.24) is 0 Å². The van der Waals surface area contributed by atoms with Crippen LogP contribution < -0.4 is 0 Å². The van der Waals surface area contributed by atoms with Crippen molar-refractivity contribution in [2.24, 2.45) is 0 Å². The fourth-order valence-corrected chi connectivity index (χ4v) is 4.68. The second-order valence-corrected chi connectivity index (χ2v) is 8.29. The number of carbonyl (C=O) groups excluding carboxylic acids is 1. The highest BCUT2D eigenvalue weighted by Gasteiger charge is 2.12. The second-order valence-electron chi connectivity index (χ2n) is 7.38. The summed E-state index contributed by atoms with van der Waals surface area (Å²) in [7, 11) is 0. The summed E-state index contributed by atoms with van der Waals surface area (Å²) in [4.78, 5) is 13.8. The van der Waals surface area contributed by atoms with E-state index in [4.69, 9.17) is 0 Å².